The topological polar surface area (TPSA) is 46.2 Å². The molecule has 0 aromatic rings. The molecule has 0 amide bonds. The molecule has 0 heterocycles. The maximum Gasteiger partial charge on any atom is 0.188 e. The second-order valence-electron chi connectivity index (χ2n) is 2.82. The molecule has 2 nitrogen and oxygen atoms in total. The van der Waals surface area contributed by atoms with Crippen LogP contribution in [0.5, 0.6) is 0 Å². The summed E-state index contributed by atoms with van der Waals surface area (Å²) in [4.78, 5) is 9.84. The minimum Gasteiger partial charge on any atom is -0.432 e. The normalized spacial score (nSPS) is 12.0. The Bertz CT molecular complexity index is 83.7. The summed E-state index contributed by atoms with van der Waals surface area (Å²) in [5, 5.41) is 0. The molecule has 3 N–H and O–H groups in total. The molecule has 10 heavy (non-hydrogen) atoms. The van der Waals surface area contributed by atoms with Crippen molar-refractivity contribution in [3.63, 3.8) is 0 Å². The third-order valence-corrected chi connectivity index (χ3v) is 6.08. The zero-order valence-corrected chi connectivity index (χ0v) is 8.06. The average Bonchev–Trinajstić information content (AvgIpc) is 2.00. The standard InChI is InChI=1S/C7H19NOSi/c1-3-10(9,4-2)7-5-6-8/h9H,3-8H2,1-2H3. The van der Waals surface area contributed by atoms with E-state index in [0.29, 0.717) is 0 Å². The average molecular weight is 161 g/mol. The van der Waals surface area contributed by atoms with Crippen LogP contribution in [0.3, 0.4) is 0 Å². The molecule has 0 aliphatic carbocycles. The van der Waals surface area contributed by atoms with Crippen LogP contribution in [0.15, 0.2) is 0 Å². The Morgan fingerprint density at radius 3 is 2.10 bits per heavy atom. The summed E-state index contributed by atoms with van der Waals surface area (Å²) in [7, 11) is -1.80. The van der Waals surface area contributed by atoms with Crippen LogP contribution in [0.4, 0.5) is 0 Å². The van der Waals surface area contributed by atoms with Crippen LogP contribution in [-0.4, -0.2) is 19.7 Å². The van der Waals surface area contributed by atoms with Gasteiger partial charge >= 0.3 is 0 Å². The molecule has 0 rings (SSSR count). The second kappa shape index (κ2) is 4.88. The summed E-state index contributed by atoms with van der Waals surface area (Å²) in [6.07, 6.45) is 0.990. The van der Waals surface area contributed by atoms with Crippen LogP contribution >= 0.6 is 0 Å². The zero-order valence-electron chi connectivity index (χ0n) is 7.06. The van der Waals surface area contributed by atoms with Crippen molar-refractivity contribution < 1.29 is 4.80 Å². The van der Waals surface area contributed by atoms with E-state index in [1.165, 1.54) is 0 Å². The SMILES string of the molecule is CC[Si](O)(CC)CCCN. The summed E-state index contributed by atoms with van der Waals surface area (Å²) >= 11 is 0. The van der Waals surface area contributed by atoms with Crippen molar-refractivity contribution in [2.45, 2.75) is 38.4 Å². The smallest absolute Gasteiger partial charge is 0.188 e. The summed E-state index contributed by atoms with van der Waals surface area (Å²) in [5.41, 5.74) is 5.36. The Morgan fingerprint density at radius 1 is 1.30 bits per heavy atom. The molecule has 0 fully saturated rings. The Morgan fingerprint density at radius 2 is 1.80 bits per heavy atom. The molecule has 0 saturated heterocycles. The predicted octanol–water partition coefficient (Wildman–Crippen LogP) is 1.31. The van der Waals surface area contributed by atoms with Gasteiger partial charge in [-0.25, -0.2) is 0 Å². The minimum absolute atomic E-state index is 0.718. The van der Waals surface area contributed by atoms with E-state index in [1.54, 1.807) is 0 Å². The molecule has 62 valence electrons. The molecule has 0 saturated carbocycles. The molecule has 0 aromatic carbocycles. The molecule has 0 aliphatic rings. The summed E-state index contributed by atoms with van der Waals surface area (Å²) in [6.45, 7) is 4.87. The molecule has 0 radical (unpaired) electrons. The lowest BCUT2D eigenvalue weighted by Gasteiger charge is -2.20. The van der Waals surface area contributed by atoms with Gasteiger partial charge in [-0.3, -0.25) is 0 Å². The molecular formula is C7H19NOSi. The highest BCUT2D eigenvalue weighted by molar-refractivity contribution is 6.72. The van der Waals surface area contributed by atoms with E-state index in [2.05, 4.69) is 13.8 Å². The molecule has 0 unspecified atom stereocenters. The van der Waals surface area contributed by atoms with Crippen LogP contribution < -0.4 is 5.73 Å². The third kappa shape index (κ3) is 3.34. The van der Waals surface area contributed by atoms with Gasteiger partial charge in [-0.15, -0.1) is 0 Å². The molecule has 0 aliphatic heterocycles. The fourth-order valence-electron chi connectivity index (χ4n) is 1.03. The highest BCUT2D eigenvalue weighted by Crippen LogP contribution is 2.17. The van der Waals surface area contributed by atoms with Gasteiger partial charge in [0.2, 0.25) is 0 Å². The van der Waals surface area contributed by atoms with Gasteiger partial charge in [0.15, 0.2) is 8.32 Å². The van der Waals surface area contributed by atoms with Gasteiger partial charge in [0.05, 0.1) is 0 Å². The lowest BCUT2D eigenvalue weighted by molar-refractivity contribution is 0.525. The van der Waals surface area contributed by atoms with Gasteiger partial charge in [-0.05, 0) is 31.1 Å². The van der Waals surface area contributed by atoms with Crippen LogP contribution in [0.25, 0.3) is 0 Å². The predicted molar refractivity (Wildman–Crippen MR) is 47.4 cm³/mol. The van der Waals surface area contributed by atoms with Crippen LogP contribution in [0.2, 0.25) is 18.1 Å². The monoisotopic (exact) mass is 161 g/mol. The molecule has 0 spiro atoms. The van der Waals surface area contributed by atoms with Crippen molar-refractivity contribution in [2.24, 2.45) is 5.73 Å². The molecular weight excluding hydrogens is 142 g/mol. The summed E-state index contributed by atoms with van der Waals surface area (Å²) < 4.78 is 0. The minimum atomic E-state index is -1.80. The van der Waals surface area contributed by atoms with Gasteiger partial charge in [0, 0.05) is 0 Å². The Labute approximate surface area is 64.6 Å². The van der Waals surface area contributed by atoms with E-state index in [-0.39, 0.29) is 0 Å². The zero-order chi connectivity index (χ0) is 8.04. The van der Waals surface area contributed by atoms with Gasteiger partial charge in [0.25, 0.3) is 0 Å². The Balaban J connectivity index is 3.58. The van der Waals surface area contributed by atoms with Gasteiger partial charge in [-0.2, -0.15) is 0 Å². The fraction of sp³-hybridized carbons (Fsp3) is 1.00. The summed E-state index contributed by atoms with van der Waals surface area (Å²) in [6, 6.07) is 2.93. The highest BCUT2D eigenvalue weighted by atomic mass is 28.4. The molecule has 0 atom stereocenters. The lowest BCUT2D eigenvalue weighted by atomic mass is 10.5. The third-order valence-electron chi connectivity index (χ3n) is 2.16. The number of nitrogens with two attached hydrogens (primary N) is 1. The van der Waals surface area contributed by atoms with E-state index in [1.807, 2.05) is 0 Å². The second-order valence-corrected chi connectivity index (χ2v) is 7.19. The maximum atomic E-state index is 9.84. The Kier molecular flexibility index (Phi) is 4.94. The number of hydrogen-bond donors (Lipinski definition) is 2. The maximum absolute atomic E-state index is 9.84. The molecule has 0 aromatic heterocycles. The van der Waals surface area contributed by atoms with Crippen molar-refractivity contribution in [1.29, 1.82) is 0 Å². The summed E-state index contributed by atoms with van der Waals surface area (Å²) in [5.74, 6) is 0. The first-order valence-electron chi connectivity index (χ1n) is 4.11. The van der Waals surface area contributed by atoms with Crippen LogP contribution in [-0.2, 0) is 0 Å². The van der Waals surface area contributed by atoms with Gasteiger partial charge < -0.3 is 10.5 Å². The molecule has 0 bridgehead atoms. The number of rotatable bonds is 5. The lowest BCUT2D eigenvalue weighted by Crippen LogP contribution is -2.32. The van der Waals surface area contributed by atoms with Crippen LogP contribution in [0, 0.1) is 0 Å². The van der Waals surface area contributed by atoms with Crippen molar-refractivity contribution in [3.8, 4) is 0 Å². The Hall–Kier alpha value is 0.137. The van der Waals surface area contributed by atoms with Crippen molar-refractivity contribution in [2.75, 3.05) is 6.54 Å². The van der Waals surface area contributed by atoms with E-state index in [9.17, 15) is 4.80 Å². The highest BCUT2D eigenvalue weighted by Gasteiger charge is 2.24. The first-order chi connectivity index (χ1) is 4.68. The quantitative estimate of drug-likeness (QED) is 0.597. The van der Waals surface area contributed by atoms with E-state index in [4.69, 9.17) is 5.73 Å². The van der Waals surface area contributed by atoms with Gasteiger partial charge in [-0.1, -0.05) is 13.8 Å². The van der Waals surface area contributed by atoms with Crippen LogP contribution in [0.1, 0.15) is 20.3 Å². The van der Waals surface area contributed by atoms with Crippen molar-refractivity contribution in [3.05, 3.63) is 0 Å². The first kappa shape index (κ1) is 10.1. The van der Waals surface area contributed by atoms with Crippen molar-refractivity contribution >= 4 is 8.32 Å². The van der Waals surface area contributed by atoms with E-state index in [0.717, 1.165) is 31.1 Å². The first-order valence-corrected chi connectivity index (χ1v) is 6.68. The van der Waals surface area contributed by atoms with Crippen molar-refractivity contribution in [1.82, 2.24) is 0 Å². The molecule has 3 heteroatoms. The largest absolute Gasteiger partial charge is 0.432 e. The van der Waals surface area contributed by atoms with Gasteiger partial charge in [0.1, 0.15) is 0 Å². The van der Waals surface area contributed by atoms with E-state index < -0.39 is 8.32 Å². The number of hydrogen-bond acceptors (Lipinski definition) is 2. The fourth-order valence-corrected chi connectivity index (χ4v) is 3.10. The van der Waals surface area contributed by atoms with E-state index >= 15 is 0 Å².